The van der Waals surface area contributed by atoms with E-state index in [4.69, 9.17) is 4.42 Å². The molecule has 4 nitrogen and oxygen atoms in total. The van der Waals surface area contributed by atoms with Crippen molar-refractivity contribution in [3.63, 3.8) is 0 Å². The van der Waals surface area contributed by atoms with Crippen LogP contribution in [-0.2, 0) is 0 Å². The van der Waals surface area contributed by atoms with Crippen molar-refractivity contribution in [3.8, 4) is 0 Å². The van der Waals surface area contributed by atoms with Crippen LogP contribution < -0.4 is 0 Å². The third kappa shape index (κ3) is 2.99. The lowest BCUT2D eigenvalue weighted by Crippen LogP contribution is -2.29. The molecule has 0 bridgehead atoms. The lowest BCUT2D eigenvalue weighted by atomic mass is 10.0. The lowest BCUT2D eigenvalue weighted by Gasteiger charge is -2.23. The molecular formula is C9H16N2O2S. The van der Waals surface area contributed by atoms with Crippen molar-refractivity contribution in [2.45, 2.75) is 44.4 Å². The maximum atomic E-state index is 9.99. The Bertz CT molecular complexity index is 284. The molecule has 0 aliphatic carbocycles. The molecule has 0 aliphatic rings. The summed E-state index contributed by atoms with van der Waals surface area (Å²) in [4.78, 5) is 0. The van der Waals surface area contributed by atoms with Crippen molar-refractivity contribution < 1.29 is 9.52 Å². The van der Waals surface area contributed by atoms with E-state index in [9.17, 15) is 5.11 Å². The van der Waals surface area contributed by atoms with Crippen molar-refractivity contribution in [3.05, 3.63) is 5.89 Å². The third-order valence-electron chi connectivity index (χ3n) is 2.29. The summed E-state index contributed by atoms with van der Waals surface area (Å²) in [6, 6.07) is 0. The standard InChI is InChI=1S/C9H16N2O2S/c1-4-9(12,5-2)6-14-8-11-10-7(3)13-8/h12H,4-6H2,1-3H3. The zero-order chi connectivity index (χ0) is 10.6. The van der Waals surface area contributed by atoms with E-state index in [1.165, 1.54) is 11.8 Å². The van der Waals surface area contributed by atoms with Crippen molar-refractivity contribution in [2.24, 2.45) is 0 Å². The van der Waals surface area contributed by atoms with Gasteiger partial charge in [0.2, 0.25) is 5.89 Å². The first-order valence-electron chi connectivity index (χ1n) is 4.75. The number of thioether (sulfide) groups is 1. The van der Waals surface area contributed by atoms with Gasteiger partial charge in [0.25, 0.3) is 5.22 Å². The van der Waals surface area contributed by atoms with Crippen LogP contribution in [0.5, 0.6) is 0 Å². The maximum absolute atomic E-state index is 9.99. The van der Waals surface area contributed by atoms with Crippen LogP contribution in [0.2, 0.25) is 0 Å². The van der Waals surface area contributed by atoms with Gasteiger partial charge < -0.3 is 9.52 Å². The normalized spacial score (nSPS) is 12.0. The van der Waals surface area contributed by atoms with Crippen LogP contribution in [0.15, 0.2) is 9.64 Å². The minimum atomic E-state index is -0.618. The Morgan fingerprint density at radius 2 is 2.00 bits per heavy atom. The quantitative estimate of drug-likeness (QED) is 0.763. The second kappa shape index (κ2) is 4.79. The molecule has 80 valence electrons. The van der Waals surface area contributed by atoms with Gasteiger partial charge in [-0.15, -0.1) is 10.2 Å². The molecule has 0 radical (unpaired) electrons. The highest BCUT2D eigenvalue weighted by atomic mass is 32.2. The fourth-order valence-electron chi connectivity index (χ4n) is 0.987. The topological polar surface area (TPSA) is 59.2 Å². The monoisotopic (exact) mass is 216 g/mol. The molecule has 1 aromatic rings. The van der Waals surface area contributed by atoms with Gasteiger partial charge in [0.1, 0.15) is 0 Å². The van der Waals surface area contributed by atoms with Gasteiger partial charge in [0.15, 0.2) is 0 Å². The van der Waals surface area contributed by atoms with Crippen molar-refractivity contribution in [1.82, 2.24) is 10.2 Å². The highest BCUT2D eigenvalue weighted by Gasteiger charge is 2.23. The first kappa shape index (κ1) is 11.5. The van der Waals surface area contributed by atoms with E-state index in [0.29, 0.717) is 16.9 Å². The van der Waals surface area contributed by atoms with Gasteiger partial charge in [0, 0.05) is 12.7 Å². The van der Waals surface area contributed by atoms with E-state index in [1.54, 1.807) is 6.92 Å². The molecule has 0 aliphatic heterocycles. The highest BCUT2D eigenvalue weighted by molar-refractivity contribution is 7.99. The molecular weight excluding hydrogens is 200 g/mol. The predicted molar refractivity (Wildman–Crippen MR) is 55.3 cm³/mol. The van der Waals surface area contributed by atoms with Gasteiger partial charge in [0.05, 0.1) is 5.60 Å². The van der Waals surface area contributed by atoms with Crippen LogP contribution in [0.3, 0.4) is 0 Å². The Hall–Kier alpha value is -0.550. The number of aromatic nitrogens is 2. The van der Waals surface area contributed by atoms with Crippen LogP contribution in [-0.4, -0.2) is 26.7 Å². The van der Waals surface area contributed by atoms with Crippen molar-refractivity contribution >= 4 is 11.8 Å². The molecule has 0 saturated heterocycles. The Kier molecular flexibility index (Phi) is 3.95. The minimum Gasteiger partial charge on any atom is -0.416 e. The number of rotatable bonds is 5. The molecule has 0 fully saturated rings. The number of hydrogen-bond acceptors (Lipinski definition) is 5. The molecule has 0 unspecified atom stereocenters. The second-order valence-electron chi connectivity index (χ2n) is 3.31. The summed E-state index contributed by atoms with van der Waals surface area (Å²) < 4.78 is 5.20. The lowest BCUT2D eigenvalue weighted by molar-refractivity contribution is 0.0569. The van der Waals surface area contributed by atoms with Gasteiger partial charge in [-0.1, -0.05) is 25.6 Å². The van der Waals surface area contributed by atoms with Gasteiger partial charge in [-0.3, -0.25) is 0 Å². The average molecular weight is 216 g/mol. The number of aryl methyl sites for hydroxylation is 1. The number of hydrogen-bond donors (Lipinski definition) is 1. The van der Waals surface area contributed by atoms with Crippen LogP contribution >= 0.6 is 11.8 Å². The molecule has 0 saturated carbocycles. The van der Waals surface area contributed by atoms with Gasteiger partial charge in [-0.2, -0.15) is 0 Å². The van der Waals surface area contributed by atoms with Crippen molar-refractivity contribution in [2.75, 3.05) is 5.75 Å². The zero-order valence-electron chi connectivity index (χ0n) is 8.78. The number of nitrogens with zero attached hydrogens (tertiary/aromatic N) is 2. The fourth-order valence-corrected chi connectivity index (χ4v) is 2.07. The molecule has 0 atom stereocenters. The van der Waals surface area contributed by atoms with E-state index in [-0.39, 0.29) is 0 Å². The number of aliphatic hydroxyl groups is 1. The maximum Gasteiger partial charge on any atom is 0.276 e. The van der Waals surface area contributed by atoms with Crippen LogP contribution in [0.1, 0.15) is 32.6 Å². The molecule has 1 N–H and O–H groups in total. The van der Waals surface area contributed by atoms with Gasteiger partial charge in [-0.25, -0.2) is 0 Å². The average Bonchev–Trinajstić information content (AvgIpc) is 2.61. The Morgan fingerprint density at radius 1 is 1.36 bits per heavy atom. The molecule has 14 heavy (non-hydrogen) atoms. The summed E-state index contributed by atoms with van der Waals surface area (Å²) in [5.74, 6) is 1.16. The molecule has 0 aromatic carbocycles. The molecule has 1 aromatic heterocycles. The minimum absolute atomic E-state index is 0.530. The summed E-state index contributed by atoms with van der Waals surface area (Å²) in [7, 11) is 0. The van der Waals surface area contributed by atoms with Crippen LogP contribution in [0.25, 0.3) is 0 Å². The zero-order valence-corrected chi connectivity index (χ0v) is 9.60. The Balaban J connectivity index is 2.47. The molecule has 1 rings (SSSR count). The second-order valence-corrected chi connectivity index (χ2v) is 4.23. The summed E-state index contributed by atoms with van der Waals surface area (Å²) in [5.41, 5.74) is -0.618. The summed E-state index contributed by atoms with van der Waals surface area (Å²) >= 11 is 1.41. The van der Waals surface area contributed by atoms with E-state index < -0.39 is 5.60 Å². The predicted octanol–water partition coefficient (Wildman–Crippen LogP) is 2.02. The summed E-state index contributed by atoms with van der Waals surface area (Å²) in [6.07, 6.45) is 1.48. The molecule has 0 spiro atoms. The molecule has 5 heteroatoms. The van der Waals surface area contributed by atoms with Gasteiger partial charge in [-0.05, 0) is 12.8 Å². The van der Waals surface area contributed by atoms with E-state index >= 15 is 0 Å². The smallest absolute Gasteiger partial charge is 0.276 e. The van der Waals surface area contributed by atoms with Crippen LogP contribution in [0, 0.1) is 6.92 Å². The SMILES string of the molecule is CCC(O)(CC)CSc1nnc(C)o1. The van der Waals surface area contributed by atoms with Crippen LogP contribution in [0.4, 0.5) is 0 Å². The molecule has 0 amide bonds. The van der Waals surface area contributed by atoms with E-state index in [1.807, 2.05) is 13.8 Å². The first-order chi connectivity index (χ1) is 6.59. The van der Waals surface area contributed by atoms with E-state index in [2.05, 4.69) is 10.2 Å². The van der Waals surface area contributed by atoms with E-state index in [0.717, 1.165) is 12.8 Å². The largest absolute Gasteiger partial charge is 0.416 e. The van der Waals surface area contributed by atoms with Crippen molar-refractivity contribution in [1.29, 1.82) is 0 Å². The Labute approximate surface area is 88.1 Å². The fraction of sp³-hybridized carbons (Fsp3) is 0.778. The summed E-state index contributed by atoms with van der Waals surface area (Å²) in [6.45, 7) is 5.70. The van der Waals surface area contributed by atoms with Gasteiger partial charge >= 0.3 is 0 Å². The first-order valence-corrected chi connectivity index (χ1v) is 5.73. The summed E-state index contributed by atoms with van der Waals surface area (Å²) in [5, 5.41) is 18.1. The Morgan fingerprint density at radius 3 is 2.43 bits per heavy atom. The highest BCUT2D eigenvalue weighted by Crippen LogP contribution is 2.25. The molecule has 1 heterocycles. The third-order valence-corrected chi connectivity index (χ3v) is 3.38.